The van der Waals surface area contributed by atoms with Gasteiger partial charge in [-0.15, -0.1) is 0 Å². The lowest BCUT2D eigenvalue weighted by Gasteiger charge is -2.25. The first kappa shape index (κ1) is 17.7. The summed E-state index contributed by atoms with van der Waals surface area (Å²) in [4.78, 5) is 25.1. The Hall–Kier alpha value is -2.69. The Kier molecular flexibility index (Phi) is 5.68. The minimum absolute atomic E-state index is 0.0944. The summed E-state index contributed by atoms with van der Waals surface area (Å²) >= 11 is 0. The van der Waals surface area contributed by atoms with Crippen molar-refractivity contribution in [3.63, 3.8) is 0 Å². The van der Waals surface area contributed by atoms with E-state index in [-0.39, 0.29) is 23.7 Å². The van der Waals surface area contributed by atoms with Crippen LogP contribution in [0, 0.1) is 5.82 Å². The molecule has 2 aromatic carbocycles. The van der Waals surface area contributed by atoms with Crippen LogP contribution in [0.2, 0.25) is 0 Å². The molecule has 5 heteroatoms. The van der Waals surface area contributed by atoms with Gasteiger partial charge in [0.05, 0.1) is 6.04 Å². The summed E-state index contributed by atoms with van der Waals surface area (Å²) in [6.45, 7) is 3.80. The normalized spacial score (nSPS) is 11.7. The second-order valence-electron chi connectivity index (χ2n) is 5.75. The van der Waals surface area contributed by atoms with Gasteiger partial charge in [-0.1, -0.05) is 24.3 Å². The van der Waals surface area contributed by atoms with Crippen LogP contribution in [0.3, 0.4) is 0 Å². The van der Waals surface area contributed by atoms with E-state index in [4.69, 9.17) is 0 Å². The average Bonchev–Trinajstić information content (AvgIpc) is 2.59. The first-order chi connectivity index (χ1) is 11.4. The quantitative estimate of drug-likeness (QED) is 0.915. The second-order valence-corrected chi connectivity index (χ2v) is 5.75. The smallest absolute Gasteiger partial charge is 0.254 e. The highest BCUT2D eigenvalue weighted by Gasteiger charge is 2.18. The topological polar surface area (TPSA) is 49.4 Å². The zero-order chi connectivity index (χ0) is 17.7. The predicted molar refractivity (Wildman–Crippen MR) is 90.9 cm³/mol. The molecule has 0 radical (unpaired) electrons. The van der Waals surface area contributed by atoms with E-state index >= 15 is 0 Å². The van der Waals surface area contributed by atoms with E-state index in [1.807, 2.05) is 19.1 Å². The molecule has 0 saturated heterocycles. The van der Waals surface area contributed by atoms with Gasteiger partial charge in [0.25, 0.3) is 5.91 Å². The fourth-order valence-electron chi connectivity index (χ4n) is 2.34. The molecule has 0 spiro atoms. The fraction of sp³-hybridized carbons (Fsp3) is 0.263. The number of carbonyl (C=O) groups excluding carboxylic acids is 2. The maximum Gasteiger partial charge on any atom is 0.254 e. The lowest BCUT2D eigenvalue weighted by molar-refractivity contribution is -0.119. The Labute approximate surface area is 141 Å². The molecule has 1 unspecified atom stereocenters. The predicted octanol–water partition coefficient (Wildman–Crippen LogP) is 3.30. The Balaban J connectivity index is 2.06. The lowest BCUT2D eigenvalue weighted by Crippen LogP contribution is -2.29. The Morgan fingerprint density at radius 3 is 2.21 bits per heavy atom. The first-order valence-corrected chi connectivity index (χ1v) is 7.74. The largest absolute Gasteiger partial charge is 0.352 e. The van der Waals surface area contributed by atoms with Gasteiger partial charge in [-0.25, -0.2) is 4.39 Å². The maximum absolute atomic E-state index is 13.0. The van der Waals surface area contributed by atoms with Gasteiger partial charge in [-0.2, -0.15) is 0 Å². The Bertz CT molecular complexity index is 711. The van der Waals surface area contributed by atoms with Crippen molar-refractivity contribution in [3.8, 4) is 0 Å². The van der Waals surface area contributed by atoms with Crippen LogP contribution in [0.5, 0.6) is 0 Å². The Morgan fingerprint density at radius 2 is 1.67 bits per heavy atom. The van der Waals surface area contributed by atoms with Crippen molar-refractivity contribution < 1.29 is 14.0 Å². The summed E-state index contributed by atoms with van der Waals surface area (Å²) in [6, 6.07) is 13.1. The zero-order valence-electron chi connectivity index (χ0n) is 14.0. The van der Waals surface area contributed by atoms with Crippen molar-refractivity contribution in [3.05, 3.63) is 71.0 Å². The number of nitrogens with one attached hydrogen (secondary N) is 1. The van der Waals surface area contributed by atoms with E-state index in [0.29, 0.717) is 12.1 Å². The van der Waals surface area contributed by atoms with Crippen LogP contribution in [-0.2, 0) is 11.3 Å². The third-order valence-corrected chi connectivity index (χ3v) is 4.00. The van der Waals surface area contributed by atoms with Crippen LogP contribution in [-0.4, -0.2) is 23.8 Å². The summed E-state index contributed by atoms with van der Waals surface area (Å²) in [6.07, 6.45) is 0. The van der Waals surface area contributed by atoms with E-state index in [1.165, 1.54) is 19.1 Å². The molecule has 0 saturated carbocycles. The fourth-order valence-corrected chi connectivity index (χ4v) is 2.34. The van der Waals surface area contributed by atoms with Gasteiger partial charge in [0, 0.05) is 26.1 Å². The number of carbonyl (C=O) groups is 2. The highest BCUT2D eigenvalue weighted by molar-refractivity contribution is 5.94. The van der Waals surface area contributed by atoms with Gasteiger partial charge in [-0.05, 0) is 42.3 Å². The zero-order valence-corrected chi connectivity index (χ0v) is 14.0. The van der Waals surface area contributed by atoms with Crippen LogP contribution in [0.1, 0.15) is 41.4 Å². The minimum Gasteiger partial charge on any atom is -0.352 e. The number of nitrogens with zero attached hydrogens (tertiary/aromatic N) is 1. The number of hydrogen-bond acceptors (Lipinski definition) is 2. The summed E-state index contributed by atoms with van der Waals surface area (Å²) < 4.78 is 13.0. The van der Waals surface area contributed by atoms with E-state index in [2.05, 4.69) is 5.32 Å². The van der Waals surface area contributed by atoms with Crippen molar-refractivity contribution in [2.24, 2.45) is 0 Å². The first-order valence-electron chi connectivity index (χ1n) is 7.74. The third-order valence-electron chi connectivity index (χ3n) is 4.00. The number of hydrogen-bond donors (Lipinski definition) is 1. The van der Waals surface area contributed by atoms with Crippen LogP contribution in [0.4, 0.5) is 4.39 Å². The van der Waals surface area contributed by atoms with E-state index in [1.54, 1.807) is 36.2 Å². The van der Waals surface area contributed by atoms with Crippen molar-refractivity contribution >= 4 is 11.8 Å². The van der Waals surface area contributed by atoms with Crippen LogP contribution >= 0.6 is 0 Å². The standard InChI is InChI=1S/C19H21FN2O2/c1-13(16-8-10-18(20)11-9-16)22(3)19(24)17-6-4-15(5-7-17)12-21-14(2)23/h4-11,13H,12H2,1-3H3,(H,21,23). The van der Waals surface area contributed by atoms with Gasteiger partial charge in [-0.3, -0.25) is 9.59 Å². The second kappa shape index (κ2) is 7.73. The van der Waals surface area contributed by atoms with Crippen LogP contribution in [0.15, 0.2) is 48.5 Å². The molecule has 2 amide bonds. The number of rotatable bonds is 5. The molecule has 0 heterocycles. The molecule has 0 aliphatic carbocycles. The van der Waals surface area contributed by atoms with Gasteiger partial charge >= 0.3 is 0 Å². The molecule has 1 atom stereocenters. The van der Waals surface area contributed by atoms with Crippen LogP contribution in [0.25, 0.3) is 0 Å². The van der Waals surface area contributed by atoms with Crippen molar-refractivity contribution in [1.29, 1.82) is 0 Å². The molecule has 0 aromatic heterocycles. The number of halogens is 1. The summed E-state index contributed by atoms with van der Waals surface area (Å²) in [5.41, 5.74) is 2.36. The summed E-state index contributed by atoms with van der Waals surface area (Å²) in [7, 11) is 1.72. The molecule has 0 fully saturated rings. The number of benzene rings is 2. The van der Waals surface area contributed by atoms with E-state index < -0.39 is 0 Å². The van der Waals surface area contributed by atoms with Crippen molar-refractivity contribution in [2.75, 3.05) is 7.05 Å². The maximum atomic E-state index is 13.0. The van der Waals surface area contributed by atoms with E-state index in [0.717, 1.165) is 11.1 Å². The molecule has 0 bridgehead atoms. The molecular formula is C19H21FN2O2. The van der Waals surface area contributed by atoms with Gasteiger partial charge in [0.15, 0.2) is 0 Å². The van der Waals surface area contributed by atoms with Crippen molar-refractivity contribution in [2.45, 2.75) is 26.4 Å². The van der Waals surface area contributed by atoms with E-state index in [9.17, 15) is 14.0 Å². The van der Waals surface area contributed by atoms with Gasteiger partial charge < -0.3 is 10.2 Å². The molecule has 2 aromatic rings. The molecular weight excluding hydrogens is 307 g/mol. The van der Waals surface area contributed by atoms with Gasteiger partial charge in [0.2, 0.25) is 5.91 Å². The highest BCUT2D eigenvalue weighted by atomic mass is 19.1. The SMILES string of the molecule is CC(=O)NCc1ccc(C(=O)N(C)C(C)c2ccc(F)cc2)cc1. The molecule has 1 N–H and O–H groups in total. The molecule has 24 heavy (non-hydrogen) atoms. The lowest BCUT2D eigenvalue weighted by atomic mass is 10.1. The molecule has 4 nitrogen and oxygen atoms in total. The molecule has 126 valence electrons. The highest BCUT2D eigenvalue weighted by Crippen LogP contribution is 2.21. The monoisotopic (exact) mass is 328 g/mol. The van der Waals surface area contributed by atoms with Crippen LogP contribution < -0.4 is 5.32 Å². The average molecular weight is 328 g/mol. The Morgan fingerprint density at radius 1 is 1.08 bits per heavy atom. The van der Waals surface area contributed by atoms with Crippen molar-refractivity contribution in [1.82, 2.24) is 10.2 Å². The molecule has 0 aliphatic rings. The summed E-state index contributed by atoms with van der Waals surface area (Å²) in [5.74, 6) is -0.504. The molecule has 0 aliphatic heterocycles. The number of amides is 2. The third kappa shape index (κ3) is 4.41. The van der Waals surface area contributed by atoms with Gasteiger partial charge in [0.1, 0.15) is 5.82 Å². The molecule has 2 rings (SSSR count). The summed E-state index contributed by atoms with van der Waals surface area (Å²) in [5, 5.41) is 2.71. The minimum atomic E-state index is -0.297.